The molecule has 148 valence electrons. The molecule has 0 saturated heterocycles. The quantitative estimate of drug-likeness (QED) is 0.427. The second kappa shape index (κ2) is 7.90. The molecule has 0 N–H and O–H groups in total. The van der Waals surface area contributed by atoms with Gasteiger partial charge in [0.15, 0.2) is 5.69 Å². The first kappa shape index (κ1) is 20.9. The van der Waals surface area contributed by atoms with Gasteiger partial charge in [-0.1, -0.05) is 44.0 Å². The molecule has 0 fully saturated rings. The zero-order valence-corrected chi connectivity index (χ0v) is 18.8. The van der Waals surface area contributed by atoms with Gasteiger partial charge in [-0.25, -0.2) is 9.48 Å². The third-order valence-electron chi connectivity index (χ3n) is 4.31. The highest BCUT2D eigenvalue weighted by molar-refractivity contribution is 7.15. The lowest BCUT2D eigenvalue weighted by atomic mass is 9.95. The maximum Gasteiger partial charge on any atom is 0.359 e. The molecule has 0 aliphatic rings. The number of carbonyl (C=O) groups excluding carboxylic acids is 1. The minimum atomic E-state index is -0.447. The lowest BCUT2D eigenvalue weighted by molar-refractivity contribution is 0.0518. The standard InChI is InChI=1S/C21H22Cl2N2O2S/c1-6-27-20(26)18-12(2)19(16-9-10-17(28-16)21(3,4)5)25(24-18)15-8-7-13(22)11-14(15)23/h7-11H,6H2,1-5H3. The molecule has 2 aromatic heterocycles. The predicted octanol–water partition coefficient (Wildman–Crippen LogP) is 6.69. The lowest BCUT2D eigenvalue weighted by Gasteiger charge is -2.15. The largest absolute Gasteiger partial charge is 0.461 e. The van der Waals surface area contributed by atoms with Crippen molar-refractivity contribution in [2.75, 3.05) is 6.61 Å². The highest BCUT2D eigenvalue weighted by Gasteiger charge is 2.26. The van der Waals surface area contributed by atoms with Gasteiger partial charge in [0.05, 0.1) is 27.9 Å². The third-order valence-corrected chi connectivity index (χ3v) is 6.36. The van der Waals surface area contributed by atoms with Gasteiger partial charge in [0.25, 0.3) is 0 Å². The SMILES string of the molecule is CCOC(=O)c1nn(-c2ccc(Cl)cc2Cl)c(-c2ccc(C(C)(C)C)s2)c1C. The number of esters is 1. The summed E-state index contributed by atoms with van der Waals surface area (Å²) in [6.45, 7) is 10.5. The minimum absolute atomic E-state index is 0.0313. The number of hydrogen-bond donors (Lipinski definition) is 0. The molecule has 3 aromatic rings. The minimum Gasteiger partial charge on any atom is -0.461 e. The molecule has 3 rings (SSSR count). The summed E-state index contributed by atoms with van der Waals surface area (Å²) in [5.74, 6) is -0.447. The van der Waals surface area contributed by atoms with E-state index in [9.17, 15) is 4.79 Å². The zero-order valence-electron chi connectivity index (χ0n) is 16.5. The predicted molar refractivity (Wildman–Crippen MR) is 116 cm³/mol. The van der Waals surface area contributed by atoms with Crippen LogP contribution < -0.4 is 0 Å². The van der Waals surface area contributed by atoms with Gasteiger partial charge < -0.3 is 4.74 Å². The molecule has 0 spiro atoms. The van der Waals surface area contributed by atoms with Gasteiger partial charge in [0, 0.05) is 15.5 Å². The van der Waals surface area contributed by atoms with Crippen molar-refractivity contribution in [2.45, 2.75) is 40.0 Å². The fraction of sp³-hybridized carbons (Fsp3) is 0.333. The van der Waals surface area contributed by atoms with E-state index in [1.165, 1.54) is 4.88 Å². The molecule has 0 bridgehead atoms. The van der Waals surface area contributed by atoms with E-state index >= 15 is 0 Å². The monoisotopic (exact) mass is 436 g/mol. The Morgan fingerprint density at radius 1 is 1.21 bits per heavy atom. The summed E-state index contributed by atoms with van der Waals surface area (Å²) in [5, 5.41) is 5.55. The van der Waals surface area contributed by atoms with E-state index in [0.29, 0.717) is 15.7 Å². The fourth-order valence-electron chi connectivity index (χ4n) is 2.87. The van der Waals surface area contributed by atoms with Gasteiger partial charge in [0.1, 0.15) is 0 Å². The molecule has 0 amide bonds. The first-order valence-electron chi connectivity index (χ1n) is 8.96. The van der Waals surface area contributed by atoms with Crippen LogP contribution in [0.5, 0.6) is 0 Å². The number of nitrogens with zero attached hydrogens (tertiary/aromatic N) is 2. The second-order valence-corrected chi connectivity index (χ2v) is 9.39. The van der Waals surface area contributed by atoms with Crippen LogP contribution in [0.1, 0.15) is 48.6 Å². The summed E-state index contributed by atoms with van der Waals surface area (Å²) >= 11 is 14.2. The molecule has 0 unspecified atom stereocenters. The Balaban J connectivity index is 2.24. The number of rotatable bonds is 4. The molecule has 28 heavy (non-hydrogen) atoms. The van der Waals surface area contributed by atoms with Crippen molar-refractivity contribution in [2.24, 2.45) is 0 Å². The molecular formula is C21H22Cl2N2O2S. The summed E-state index contributed by atoms with van der Waals surface area (Å²) in [7, 11) is 0. The average molecular weight is 437 g/mol. The highest BCUT2D eigenvalue weighted by atomic mass is 35.5. The van der Waals surface area contributed by atoms with Crippen molar-refractivity contribution in [3.8, 4) is 16.3 Å². The van der Waals surface area contributed by atoms with E-state index in [1.807, 2.05) is 6.92 Å². The van der Waals surface area contributed by atoms with Crippen LogP contribution in [-0.4, -0.2) is 22.4 Å². The van der Waals surface area contributed by atoms with E-state index in [1.54, 1.807) is 41.1 Å². The van der Waals surface area contributed by atoms with Crippen LogP contribution in [0, 0.1) is 6.92 Å². The van der Waals surface area contributed by atoms with Crippen molar-refractivity contribution in [1.82, 2.24) is 9.78 Å². The normalized spacial score (nSPS) is 11.7. The van der Waals surface area contributed by atoms with Crippen molar-refractivity contribution in [3.05, 3.63) is 56.5 Å². The first-order valence-corrected chi connectivity index (χ1v) is 10.5. The second-order valence-electron chi connectivity index (χ2n) is 7.46. The van der Waals surface area contributed by atoms with Crippen LogP contribution in [0.25, 0.3) is 16.3 Å². The molecule has 2 heterocycles. The topological polar surface area (TPSA) is 44.1 Å². The number of halogens is 2. The van der Waals surface area contributed by atoms with Crippen molar-refractivity contribution < 1.29 is 9.53 Å². The number of aromatic nitrogens is 2. The molecule has 0 radical (unpaired) electrons. The van der Waals surface area contributed by atoms with Crippen LogP contribution in [0.2, 0.25) is 10.0 Å². The smallest absolute Gasteiger partial charge is 0.359 e. The number of hydrogen-bond acceptors (Lipinski definition) is 4. The Kier molecular flexibility index (Phi) is 5.89. The maximum absolute atomic E-state index is 12.4. The van der Waals surface area contributed by atoms with E-state index in [0.717, 1.165) is 16.1 Å². The molecule has 0 saturated carbocycles. The average Bonchev–Trinajstić information content (AvgIpc) is 3.19. The summed E-state index contributed by atoms with van der Waals surface area (Å²) < 4.78 is 6.90. The van der Waals surface area contributed by atoms with Gasteiger partial charge >= 0.3 is 5.97 Å². The van der Waals surface area contributed by atoms with Crippen LogP contribution in [0.4, 0.5) is 0 Å². The van der Waals surface area contributed by atoms with Gasteiger partial charge in [-0.2, -0.15) is 5.10 Å². The van der Waals surface area contributed by atoms with E-state index < -0.39 is 5.97 Å². The summed E-state index contributed by atoms with van der Waals surface area (Å²) in [5.41, 5.74) is 2.56. The van der Waals surface area contributed by atoms with Gasteiger partial charge in [-0.15, -0.1) is 11.3 Å². The van der Waals surface area contributed by atoms with Gasteiger partial charge in [-0.3, -0.25) is 0 Å². The molecule has 7 heteroatoms. The summed E-state index contributed by atoms with van der Waals surface area (Å²) in [4.78, 5) is 14.7. The van der Waals surface area contributed by atoms with Crippen LogP contribution in [0.15, 0.2) is 30.3 Å². The van der Waals surface area contributed by atoms with Gasteiger partial charge in [0.2, 0.25) is 0 Å². The van der Waals surface area contributed by atoms with Crippen molar-refractivity contribution in [3.63, 3.8) is 0 Å². The third kappa shape index (κ3) is 3.97. The van der Waals surface area contributed by atoms with Crippen molar-refractivity contribution in [1.29, 1.82) is 0 Å². The number of ether oxygens (including phenoxy) is 1. The van der Waals surface area contributed by atoms with E-state index in [4.69, 9.17) is 27.9 Å². The molecular weight excluding hydrogens is 415 g/mol. The Bertz CT molecular complexity index is 1030. The lowest BCUT2D eigenvalue weighted by Crippen LogP contribution is -2.08. The van der Waals surface area contributed by atoms with Crippen LogP contribution >= 0.6 is 34.5 Å². The molecule has 1 aromatic carbocycles. The summed E-state index contributed by atoms with van der Waals surface area (Å²) in [6.07, 6.45) is 0. The van der Waals surface area contributed by atoms with Crippen LogP contribution in [0.3, 0.4) is 0 Å². The molecule has 0 atom stereocenters. The Hall–Kier alpha value is -1.82. The first-order chi connectivity index (χ1) is 13.1. The molecule has 0 aliphatic carbocycles. The molecule has 4 nitrogen and oxygen atoms in total. The Morgan fingerprint density at radius 2 is 1.93 bits per heavy atom. The van der Waals surface area contributed by atoms with Gasteiger partial charge in [-0.05, 0) is 49.6 Å². The van der Waals surface area contributed by atoms with E-state index in [-0.39, 0.29) is 17.7 Å². The Labute approximate surface area is 179 Å². The molecule has 0 aliphatic heterocycles. The number of carbonyl (C=O) groups is 1. The Morgan fingerprint density at radius 3 is 2.50 bits per heavy atom. The fourth-order valence-corrected chi connectivity index (χ4v) is 4.51. The zero-order chi connectivity index (χ0) is 20.6. The maximum atomic E-state index is 12.4. The summed E-state index contributed by atoms with van der Waals surface area (Å²) in [6, 6.07) is 9.39. The van der Waals surface area contributed by atoms with E-state index in [2.05, 4.69) is 38.0 Å². The number of thiophene rings is 1. The number of benzene rings is 1. The highest BCUT2D eigenvalue weighted by Crippen LogP contribution is 2.39. The van der Waals surface area contributed by atoms with Crippen LogP contribution in [-0.2, 0) is 10.2 Å². The van der Waals surface area contributed by atoms with Crippen molar-refractivity contribution >= 4 is 40.5 Å².